The van der Waals surface area contributed by atoms with Crippen LogP contribution in [0.25, 0.3) is 11.4 Å². The van der Waals surface area contributed by atoms with E-state index in [1.807, 2.05) is 31.2 Å². The number of carbonyl (C=O) groups excluding carboxylic acids is 1. The Morgan fingerprint density at radius 1 is 1.29 bits per heavy atom. The highest BCUT2D eigenvalue weighted by Gasteiger charge is 2.37. The summed E-state index contributed by atoms with van der Waals surface area (Å²) in [6, 6.07) is 7.67. The maximum Gasteiger partial charge on any atom is 0.229 e. The normalized spacial score (nSPS) is 22.8. The fourth-order valence-electron chi connectivity index (χ4n) is 3.15. The molecule has 2 unspecified atom stereocenters. The molecule has 1 aromatic heterocycles. The highest BCUT2D eigenvalue weighted by molar-refractivity contribution is 5.93. The van der Waals surface area contributed by atoms with Crippen molar-refractivity contribution in [1.82, 2.24) is 9.97 Å². The number of amides is 1. The minimum Gasteiger partial charge on any atom is -0.345 e. The van der Waals surface area contributed by atoms with Gasteiger partial charge in [0, 0.05) is 29.2 Å². The third-order valence-corrected chi connectivity index (χ3v) is 4.49. The summed E-state index contributed by atoms with van der Waals surface area (Å²) in [5, 5.41) is 2.99. The van der Waals surface area contributed by atoms with E-state index < -0.39 is 5.54 Å². The van der Waals surface area contributed by atoms with Gasteiger partial charge in [-0.2, -0.15) is 0 Å². The lowest BCUT2D eigenvalue weighted by Gasteiger charge is -2.37. The van der Waals surface area contributed by atoms with Crippen molar-refractivity contribution in [3.63, 3.8) is 0 Å². The zero-order chi connectivity index (χ0) is 15.6. The molecule has 24 heavy (non-hydrogen) atoms. The zero-order valence-corrected chi connectivity index (χ0v) is 15.3. The first-order valence-corrected chi connectivity index (χ1v) is 7.76. The molecule has 5 nitrogen and oxygen atoms in total. The summed E-state index contributed by atoms with van der Waals surface area (Å²) in [5.74, 6) is 0.723. The van der Waals surface area contributed by atoms with Crippen LogP contribution < -0.4 is 11.1 Å². The number of hydrogen-bond acceptors (Lipinski definition) is 3. The van der Waals surface area contributed by atoms with E-state index in [1.165, 1.54) is 0 Å². The number of imidazole rings is 1. The van der Waals surface area contributed by atoms with Gasteiger partial charge in [0.1, 0.15) is 5.82 Å². The van der Waals surface area contributed by atoms with Gasteiger partial charge in [0.15, 0.2) is 0 Å². The molecule has 0 radical (unpaired) electrons. The Labute approximate surface area is 154 Å². The minimum atomic E-state index is -0.406. The van der Waals surface area contributed by atoms with E-state index in [0.29, 0.717) is 0 Å². The molecule has 1 heterocycles. The van der Waals surface area contributed by atoms with Crippen molar-refractivity contribution in [3.8, 4) is 11.4 Å². The van der Waals surface area contributed by atoms with Gasteiger partial charge in [0.2, 0.25) is 5.91 Å². The highest BCUT2D eigenvalue weighted by Crippen LogP contribution is 2.32. The topological polar surface area (TPSA) is 83.8 Å². The summed E-state index contributed by atoms with van der Waals surface area (Å²) in [7, 11) is 0. The van der Waals surface area contributed by atoms with E-state index in [1.54, 1.807) is 12.4 Å². The van der Waals surface area contributed by atoms with Gasteiger partial charge in [0.25, 0.3) is 0 Å². The number of halogens is 2. The molecule has 7 heteroatoms. The molecular formula is C17H24Cl2N4O. The number of hydrogen-bond donors (Lipinski definition) is 3. The first-order chi connectivity index (χ1) is 10.6. The van der Waals surface area contributed by atoms with Crippen molar-refractivity contribution < 1.29 is 4.79 Å². The van der Waals surface area contributed by atoms with Crippen LogP contribution in [0.15, 0.2) is 36.7 Å². The van der Waals surface area contributed by atoms with Gasteiger partial charge in [-0.05, 0) is 44.0 Å². The van der Waals surface area contributed by atoms with Gasteiger partial charge in [-0.1, -0.05) is 12.8 Å². The van der Waals surface area contributed by atoms with E-state index in [9.17, 15) is 4.79 Å². The average molecular weight is 371 g/mol. The molecule has 132 valence electrons. The van der Waals surface area contributed by atoms with E-state index in [4.69, 9.17) is 5.73 Å². The lowest BCUT2D eigenvalue weighted by molar-refractivity contribution is -0.122. The van der Waals surface area contributed by atoms with Crippen molar-refractivity contribution in [3.05, 3.63) is 36.7 Å². The van der Waals surface area contributed by atoms with E-state index >= 15 is 0 Å². The number of aromatic amines is 1. The molecule has 1 aromatic carbocycles. The Morgan fingerprint density at radius 3 is 2.58 bits per heavy atom. The number of rotatable bonds is 3. The Morgan fingerprint density at radius 2 is 2.00 bits per heavy atom. The molecule has 1 aliphatic rings. The molecule has 4 N–H and O–H groups in total. The molecule has 0 spiro atoms. The molecular weight excluding hydrogens is 347 g/mol. The molecule has 0 bridgehead atoms. The second-order valence-corrected chi connectivity index (χ2v) is 6.31. The molecule has 3 rings (SSSR count). The monoisotopic (exact) mass is 370 g/mol. The van der Waals surface area contributed by atoms with Gasteiger partial charge < -0.3 is 16.0 Å². The number of H-pyrrole nitrogens is 1. The molecule has 1 amide bonds. The standard InChI is InChI=1S/C17H22N4O.2ClH/c1-17(18)9-3-2-4-14(17)16(22)21-13-7-5-12(6-8-13)15-19-10-11-20-15;;/h5-8,10-11,14H,2-4,9,18H2,1H3,(H,19,20)(H,21,22);2*1H. The fourth-order valence-corrected chi connectivity index (χ4v) is 3.15. The van der Waals surface area contributed by atoms with Crippen molar-refractivity contribution >= 4 is 36.4 Å². The number of benzene rings is 1. The van der Waals surface area contributed by atoms with Crippen molar-refractivity contribution in [2.45, 2.75) is 38.1 Å². The quantitative estimate of drug-likeness (QED) is 0.768. The van der Waals surface area contributed by atoms with Gasteiger partial charge in [0.05, 0.1) is 5.92 Å². The maximum atomic E-state index is 12.5. The van der Waals surface area contributed by atoms with Crippen LogP contribution in [0.3, 0.4) is 0 Å². The third-order valence-electron chi connectivity index (χ3n) is 4.49. The summed E-state index contributed by atoms with van der Waals surface area (Å²) in [6.07, 6.45) is 7.45. The largest absolute Gasteiger partial charge is 0.345 e. The fraction of sp³-hybridized carbons (Fsp3) is 0.412. The summed E-state index contributed by atoms with van der Waals surface area (Å²) in [4.78, 5) is 19.8. The molecule has 1 aliphatic carbocycles. The Bertz CT molecular complexity index is 641. The molecule has 0 saturated heterocycles. The zero-order valence-electron chi connectivity index (χ0n) is 13.6. The molecule has 2 atom stereocenters. The van der Waals surface area contributed by atoms with E-state index in [2.05, 4.69) is 15.3 Å². The van der Waals surface area contributed by atoms with E-state index in [0.717, 1.165) is 42.8 Å². The Kier molecular flexibility index (Phi) is 7.27. The van der Waals surface area contributed by atoms with Gasteiger partial charge in [-0.25, -0.2) is 4.98 Å². The smallest absolute Gasteiger partial charge is 0.229 e. The predicted molar refractivity (Wildman–Crippen MR) is 102 cm³/mol. The number of carbonyl (C=O) groups is 1. The molecule has 0 aliphatic heterocycles. The Balaban J connectivity index is 0.00000144. The van der Waals surface area contributed by atoms with Crippen LogP contribution >= 0.6 is 24.8 Å². The van der Waals surface area contributed by atoms with Crippen LogP contribution in [0.1, 0.15) is 32.6 Å². The number of nitrogens with one attached hydrogen (secondary N) is 2. The number of aromatic nitrogens is 2. The second kappa shape index (κ2) is 8.51. The maximum absolute atomic E-state index is 12.5. The van der Waals surface area contributed by atoms with Crippen LogP contribution in [0.4, 0.5) is 5.69 Å². The van der Waals surface area contributed by atoms with Crippen LogP contribution in [0.2, 0.25) is 0 Å². The lowest BCUT2D eigenvalue weighted by Crippen LogP contribution is -2.51. The minimum absolute atomic E-state index is 0. The van der Waals surface area contributed by atoms with Crippen molar-refractivity contribution in [2.24, 2.45) is 11.7 Å². The Hall–Kier alpha value is -1.56. The number of nitrogens with zero attached hydrogens (tertiary/aromatic N) is 1. The van der Waals surface area contributed by atoms with Crippen LogP contribution in [-0.2, 0) is 4.79 Å². The summed E-state index contributed by atoms with van der Waals surface area (Å²) in [5.41, 5.74) is 7.67. The summed E-state index contributed by atoms with van der Waals surface area (Å²) >= 11 is 0. The van der Waals surface area contributed by atoms with Crippen LogP contribution in [0.5, 0.6) is 0 Å². The first-order valence-electron chi connectivity index (χ1n) is 7.76. The van der Waals surface area contributed by atoms with Gasteiger partial charge in [-0.15, -0.1) is 24.8 Å². The van der Waals surface area contributed by atoms with Crippen LogP contribution in [-0.4, -0.2) is 21.4 Å². The van der Waals surface area contributed by atoms with Crippen molar-refractivity contribution in [1.29, 1.82) is 0 Å². The average Bonchev–Trinajstić information content (AvgIpc) is 3.01. The second-order valence-electron chi connectivity index (χ2n) is 6.31. The van der Waals surface area contributed by atoms with Gasteiger partial charge in [-0.3, -0.25) is 4.79 Å². The molecule has 1 saturated carbocycles. The third kappa shape index (κ3) is 4.50. The van der Waals surface area contributed by atoms with E-state index in [-0.39, 0.29) is 36.6 Å². The predicted octanol–water partition coefficient (Wildman–Crippen LogP) is 3.77. The number of nitrogens with two attached hydrogens (primary N) is 1. The summed E-state index contributed by atoms with van der Waals surface area (Å²) in [6.45, 7) is 1.98. The number of anilines is 1. The highest BCUT2D eigenvalue weighted by atomic mass is 35.5. The SMILES string of the molecule is CC1(N)CCCCC1C(=O)Nc1ccc(-c2ncc[nH]2)cc1.Cl.Cl. The summed E-state index contributed by atoms with van der Waals surface area (Å²) < 4.78 is 0. The lowest BCUT2D eigenvalue weighted by atomic mass is 9.74. The van der Waals surface area contributed by atoms with Crippen molar-refractivity contribution in [2.75, 3.05) is 5.32 Å². The molecule has 1 fully saturated rings. The van der Waals surface area contributed by atoms with Crippen LogP contribution in [0, 0.1) is 5.92 Å². The first kappa shape index (κ1) is 20.5. The van der Waals surface area contributed by atoms with Gasteiger partial charge >= 0.3 is 0 Å². The molecule has 2 aromatic rings.